The number of carbonyl (C=O) groups is 1. The molecular weight excluding hydrogens is 372 g/mol. The number of fused-ring (bicyclic) bond motifs is 1. The Morgan fingerprint density at radius 2 is 1.97 bits per heavy atom. The third kappa shape index (κ3) is 3.67. The average Bonchev–Trinajstić information content (AvgIpc) is 3.37. The normalized spacial score (nSPS) is 20.9. The molecule has 2 aliphatic rings. The number of allylic oxidation sites excluding steroid dienone is 2. The Labute approximate surface area is 168 Å². The van der Waals surface area contributed by atoms with E-state index in [1.54, 1.807) is 30.4 Å². The van der Waals surface area contributed by atoms with Crippen molar-refractivity contribution in [1.29, 1.82) is 0 Å². The highest BCUT2D eigenvalue weighted by Crippen LogP contribution is 2.37. The molecule has 2 aliphatic heterocycles. The molecule has 9 heteroatoms. The van der Waals surface area contributed by atoms with Crippen molar-refractivity contribution in [1.82, 2.24) is 24.6 Å². The molecular formula is C20H24N6O3. The molecule has 152 valence electrons. The first-order chi connectivity index (χ1) is 13.7. The van der Waals surface area contributed by atoms with E-state index in [1.807, 2.05) is 57.5 Å². The van der Waals surface area contributed by atoms with Crippen LogP contribution in [0.2, 0.25) is 0 Å². The Balaban J connectivity index is 1.58. The lowest BCUT2D eigenvalue weighted by molar-refractivity contribution is 0.0514. The summed E-state index contributed by atoms with van der Waals surface area (Å²) in [5.41, 5.74) is 2.22. The number of carbonyl (C=O) groups excluding carboxylic acids is 1. The number of rotatable bonds is 3. The molecule has 0 aromatic carbocycles. The highest BCUT2D eigenvalue weighted by molar-refractivity contribution is 5.79. The van der Waals surface area contributed by atoms with Crippen molar-refractivity contribution in [3.63, 3.8) is 0 Å². The lowest BCUT2D eigenvalue weighted by Gasteiger charge is -2.30. The molecule has 2 unspecified atom stereocenters. The zero-order valence-corrected chi connectivity index (χ0v) is 17.1. The van der Waals surface area contributed by atoms with Crippen LogP contribution in [0.15, 0.2) is 47.9 Å². The lowest BCUT2D eigenvalue weighted by Crippen LogP contribution is -2.32. The van der Waals surface area contributed by atoms with Crippen LogP contribution in [-0.4, -0.2) is 55.6 Å². The minimum atomic E-state index is -0.586. The van der Waals surface area contributed by atoms with Crippen LogP contribution in [-0.2, 0) is 16.5 Å². The average molecular weight is 396 g/mol. The second-order valence-corrected chi connectivity index (χ2v) is 8.05. The van der Waals surface area contributed by atoms with E-state index >= 15 is 0 Å². The molecule has 2 aromatic heterocycles. The summed E-state index contributed by atoms with van der Waals surface area (Å²) in [6.07, 6.45) is 12.4. The van der Waals surface area contributed by atoms with Crippen LogP contribution in [0.5, 0.6) is 0 Å². The number of nitrogens with zero attached hydrogens (tertiary/aromatic N) is 6. The zero-order valence-electron chi connectivity index (χ0n) is 17.1. The van der Waals surface area contributed by atoms with Crippen molar-refractivity contribution >= 4 is 17.9 Å². The van der Waals surface area contributed by atoms with Gasteiger partial charge in [-0.05, 0) is 26.8 Å². The molecule has 29 heavy (non-hydrogen) atoms. The number of hydrazone groups is 1. The quantitative estimate of drug-likeness (QED) is 0.793. The van der Waals surface area contributed by atoms with Crippen molar-refractivity contribution in [3.8, 4) is 0 Å². The number of ether oxygens (including phenoxy) is 2. The molecule has 0 bridgehead atoms. The predicted molar refractivity (Wildman–Crippen MR) is 107 cm³/mol. The molecule has 2 aromatic rings. The Kier molecular flexibility index (Phi) is 4.52. The smallest absolute Gasteiger partial charge is 0.435 e. The zero-order chi connectivity index (χ0) is 20.8. The van der Waals surface area contributed by atoms with Crippen molar-refractivity contribution in [3.05, 3.63) is 53.9 Å². The van der Waals surface area contributed by atoms with Gasteiger partial charge in [-0.1, -0.05) is 0 Å². The van der Waals surface area contributed by atoms with Crippen LogP contribution in [0.25, 0.3) is 5.57 Å². The van der Waals surface area contributed by atoms with Gasteiger partial charge in [0.2, 0.25) is 0 Å². The highest BCUT2D eigenvalue weighted by Gasteiger charge is 2.38. The van der Waals surface area contributed by atoms with Crippen LogP contribution in [0, 0.1) is 0 Å². The van der Waals surface area contributed by atoms with Gasteiger partial charge in [-0.15, -0.1) is 0 Å². The molecule has 4 rings (SSSR count). The first kappa shape index (κ1) is 19.0. The number of aryl methyl sites for hydroxylation is 1. The van der Waals surface area contributed by atoms with Crippen molar-refractivity contribution < 1.29 is 14.3 Å². The van der Waals surface area contributed by atoms with Crippen molar-refractivity contribution in [2.24, 2.45) is 12.1 Å². The number of hydrogen-bond donors (Lipinski definition) is 0. The van der Waals surface area contributed by atoms with E-state index in [4.69, 9.17) is 9.47 Å². The number of methoxy groups -OCH3 is 1. The van der Waals surface area contributed by atoms with E-state index in [2.05, 4.69) is 15.3 Å². The number of aromatic nitrogens is 4. The van der Waals surface area contributed by atoms with Crippen molar-refractivity contribution in [2.75, 3.05) is 7.11 Å². The fraction of sp³-hybridized carbons (Fsp3) is 0.400. The molecule has 0 radical (unpaired) electrons. The Hall–Kier alpha value is -3.36. The van der Waals surface area contributed by atoms with Crippen LogP contribution >= 0.6 is 0 Å². The van der Waals surface area contributed by atoms with Gasteiger partial charge in [0, 0.05) is 48.6 Å². The van der Waals surface area contributed by atoms with Gasteiger partial charge in [0.05, 0.1) is 25.4 Å². The third-order valence-electron chi connectivity index (χ3n) is 4.69. The van der Waals surface area contributed by atoms with Gasteiger partial charge in [-0.25, -0.2) is 4.79 Å². The summed E-state index contributed by atoms with van der Waals surface area (Å²) in [6.45, 7) is 5.46. The Bertz CT molecular complexity index is 1020. The lowest BCUT2D eigenvalue weighted by atomic mass is 9.91. The molecule has 0 amide bonds. The van der Waals surface area contributed by atoms with Gasteiger partial charge >= 0.3 is 6.09 Å². The van der Waals surface area contributed by atoms with Gasteiger partial charge < -0.3 is 9.47 Å². The minimum absolute atomic E-state index is 0.107. The largest absolute Gasteiger partial charge is 0.499 e. The van der Waals surface area contributed by atoms with Gasteiger partial charge in [0.15, 0.2) is 0 Å². The van der Waals surface area contributed by atoms with Crippen LogP contribution in [0.3, 0.4) is 0 Å². The number of hydrogen-bond acceptors (Lipinski definition) is 7. The molecule has 0 fully saturated rings. The van der Waals surface area contributed by atoms with E-state index in [0.717, 1.165) is 22.5 Å². The summed E-state index contributed by atoms with van der Waals surface area (Å²) < 4.78 is 14.0. The summed E-state index contributed by atoms with van der Waals surface area (Å²) in [7, 11) is 3.53. The van der Waals surface area contributed by atoms with E-state index < -0.39 is 11.7 Å². The highest BCUT2D eigenvalue weighted by atomic mass is 16.6. The summed E-state index contributed by atoms with van der Waals surface area (Å²) in [6, 6.07) is -0.142. The molecule has 0 saturated carbocycles. The fourth-order valence-electron chi connectivity index (χ4n) is 3.40. The summed E-state index contributed by atoms with van der Waals surface area (Å²) in [4.78, 5) is 12.3. The molecule has 0 aliphatic carbocycles. The van der Waals surface area contributed by atoms with Crippen LogP contribution < -0.4 is 0 Å². The first-order valence-corrected chi connectivity index (χ1v) is 9.32. The predicted octanol–water partition coefficient (Wildman–Crippen LogP) is 2.74. The summed E-state index contributed by atoms with van der Waals surface area (Å²) >= 11 is 0. The molecule has 4 heterocycles. The molecule has 2 atom stereocenters. The van der Waals surface area contributed by atoms with E-state index in [9.17, 15) is 4.79 Å². The third-order valence-corrected chi connectivity index (χ3v) is 4.69. The maximum absolute atomic E-state index is 12.3. The second kappa shape index (κ2) is 6.91. The molecule has 9 nitrogen and oxygen atoms in total. The van der Waals surface area contributed by atoms with Gasteiger partial charge in [-0.3, -0.25) is 9.69 Å². The Morgan fingerprint density at radius 1 is 1.17 bits per heavy atom. The second-order valence-electron chi connectivity index (χ2n) is 8.05. The monoisotopic (exact) mass is 396 g/mol. The SMILES string of the molecule is COC1=CC(c2cnn(C)c2)=CN2N=CC(c3cnn(C(=O)OC(C)(C)C)c3)C12. The summed E-state index contributed by atoms with van der Waals surface area (Å²) in [5.74, 6) is 0.669. The van der Waals surface area contributed by atoms with Crippen LogP contribution in [0.1, 0.15) is 37.8 Å². The topological polar surface area (TPSA) is 86.8 Å². The van der Waals surface area contributed by atoms with Gasteiger partial charge in [0.25, 0.3) is 0 Å². The maximum atomic E-state index is 12.3. The van der Waals surface area contributed by atoms with E-state index in [0.29, 0.717) is 0 Å². The molecule has 0 saturated heterocycles. The first-order valence-electron chi connectivity index (χ1n) is 9.32. The maximum Gasteiger partial charge on any atom is 0.435 e. The van der Waals surface area contributed by atoms with E-state index in [1.165, 1.54) is 4.68 Å². The Morgan fingerprint density at radius 3 is 2.62 bits per heavy atom. The standard InChI is InChI=1S/C20H24N6O3/c1-20(2,3)29-19(27)26-12-15(8-22-26)16-9-23-25-11-13(6-17(28-5)18(16)25)14-7-21-24(4)10-14/h6-12,16,18H,1-5H3. The molecule has 0 spiro atoms. The summed E-state index contributed by atoms with van der Waals surface area (Å²) in [5, 5.41) is 14.8. The molecule has 0 N–H and O–H groups in total. The van der Waals surface area contributed by atoms with Gasteiger partial charge in [0.1, 0.15) is 17.4 Å². The fourth-order valence-corrected chi connectivity index (χ4v) is 3.40. The van der Waals surface area contributed by atoms with Gasteiger partial charge in [-0.2, -0.15) is 20.0 Å². The van der Waals surface area contributed by atoms with Crippen molar-refractivity contribution in [2.45, 2.75) is 38.3 Å². The van der Waals surface area contributed by atoms with Crippen LogP contribution in [0.4, 0.5) is 4.79 Å². The minimum Gasteiger partial charge on any atom is -0.499 e. The van der Waals surface area contributed by atoms with E-state index in [-0.39, 0.29) is 12.0 Å².